The average Bonchev–Trinajstić information content (AvgIpc) is 2.87. The van der Waals surface area contributed by atoms with Gasteiger partial charge in [-0.3, -0.25) is 9.59 Å². The summed E-state index contributed by atoms with van der Waals surface area (Å²) < 4.78 is 54.2. The van der Waals surface area contributed by atoms with Crippen molar-refractivity contribution in [2.24, 2.45) is 5.73 Å². The fourth-order valence-electron chi connectivity index (χ4n) is 3.68. The van der Waals surface area contributed by atoms with Gasteiger partial charge >= 0.3 is 6.18 Å². The van der Waals surface area contributed by atoms with Gasteiger partial charge in [0.05, 0.1) is 17.4 Å². The van der Waals surface area contributed by atoms with Gasteiger partial charge in [0.25, 0.3) is 5.56 Å². The zero-order chi connectivity index (χ0) is 27.9. The lowest BCUT2D eigenvalue weighted by Gasteiger charge is -2.20. The van der Waals surface area contributed by atoms with Gasteiger partial charge in [0.1, 0.15) is 11.4 Å². The van der Waals surface area contributed by atoms with Crippen LogP contribution in [0.2, 0.25) is 0 Å². The maximum Gasteiger partial charge on any atom is 0.423 e. The molecule has 202 valence electrons. The second-order valence-corrected chi connectivity index (χ2v) is 8.67. The number of carbonyl (C=O) groups excluding carboxylic acids is 1. The number of carbonyl (C=O) groups is 1. The van der Waals surface area contributed by atoms with E-state index in [1.54, 1.807) is 31.3 Å². The average molecular weight is 534 g/mol. The number of aromatic nitrogens is 4. The number of halogens is 4. The molecule has 0 aliphatic heterocycles. The maximum absolute atomic E-state index is 14.6. The van der Waals surface area contributed by atoms with Crippen LogP contribution in [0.25, 0.3) is 17.5 Å². The Morgan fingerprint density at radius 3 is 2.53 bits per heavy atom. The Kier molecular flexibility index (Phi) is 9.29. The molecular weight excluding hydrogens is 506 g/mol. The first-order chi connectivity index (χ1) is 18.0. The Balaban J connectivity index is 1.63. The molecule has 13 heteroatoms. The lowest BCUT2D eigenvalue weighted by Crippen LogP contribution is -2.27. The van der Waals surface area contributed by atoms with E-state index in [1.165, 1.54) is 18.5 Å². The van der Waals surface area contributed by atoms with Crippen molar-refractivity contribution in [3.8, 4) is 11.4 Å². The van der Waals surface area contributed by atoms with Gasteiger partial charge in [-0.25, -0.2) is 19.5 Å². The van der Waals surface area contributed by atoms with Gasteiger partial charge in [-0.2, -0.15) is 18.3 Å². The van der Waals surface area contributed by atoms with Gasteiger partial charge < -0.3 is 16.0 Å². The van der Waals surface area contributed by atoms with Gasteiger partial charge in [-0.15, -0.1) is 0 Å². The predicted molar refractivity (Wildman–Crippen MR) is 135 cm³/mol. The van der Waals surface area contributed by atoms with E-state index in [-0.39, 0.29) is 35.2 Å². The summed E-state index contributed by atoms with van der Waals surface area (Å²) in [6.07, 6.45) is 4.15. The number of alkyl halides is 3. The van der Waals surface area contributed by atoms with Crippen molar-refractivity contribution in [3.05, 3.63) is 75.3 Å². The number of aldehydes is 1. The third-order valence-electron chi connectivity index (χ3n) is 5.68. The normalized spacial score (nSPS) is 12.5. The highest BCUT2D eigenvalue weighted by atomic mass is 19.4. The number of aromatic amines is 1. The molecule has 9 nitrogen and oxygen atoms in total. The second kappa shape index (κ2) is 12.4. The van der Waals surface area contributed by atoms with Crippen LogP contribution in [0.3, 0.4) is 0 Å². The molecule has 0 fully saturated rings. The molecule has 0 unspecified atom stereocenters. The van der Waals surface area contributed by atoms with E-state index >= 15 is 0 Å². The number of anilines is 1. The predicted octanol–water partition coefficient (Wildman–Crippen LogP) is 3.84. The molecule has 0 saturated carbocycles. The first-order valence-corrected chi connectivity index (χ1v) is 11.6. The molecule has 0 aliphatic carbocycles. The van der Waals surface area contributed by atoms with Crippen LogP contribution in [0.15, 0.2) is 41.7 Å². The van der Waals surface area contributed by atoms with Gasteiger partial charge in [0, 0.05) is 49.7 Å². The highest BCUT2D eigenvalue weighted by molar-refractivity contribution is 5.84. The number of hydrogen-bond donors (Lipinski definition) is 3. The Bertz CT molecular complexity index is 1340. The summed E-state index contributed by atoms with van der Waals surface area (Å²) in [6.45, 7) is 2.49. The van der Waals surface area contributed by atoms with Gasteiger partial charge in [-0.1, -0.05) is 0 Å². The summed E-state index contributed by atoms with van der Waals surface area (Å²) in [5, 5.41) is 7.95. The molecule has 1 aromatic carbocycles. The van der Waals surface area contributed by atoms with Crippen LogP contribution < -0.4 is 16.6 Å². The fraction of sp³-hybridized carbons (Fsp3) is 0.320. The van der Waals surface area contributed by atoms with Crippen molar-refractivity contribution in [1.82, 2.24) is 25.1 Å². The van der Waals surface area contributed by atoms with Crippen LogP contribution in [0.5, 0.6) is 0 Å². The van der Waals surface area contributed by atoms with E-state index in [0.717, 1.165) is 12.3 Å². The Morgan fingerprint density at radius 2 is 1.89 bits per heavy atom. The third kappa shape index (κ3) is 7.22. The lowest BCUT2D eigenvalue weighted by atomic mass is 10.0. The first-order valence-electron chi connectivity index (χ1n) is 11.6. The minimum absolute atomic E-state index is 0.133. The molecule has 3 aromatic rings. The summed E-state index contributed by atoms with van der Waals surface area (Å²) in [6, 6.07) is 2.23. The molecule has 38 heavy (non-hydrogen) atoms. The van der Waals surface area contributed by atoms with Crippen molar-refractivity contribution < 1.29 is 22.4 Å². The van der Waals surface area contributed by atoms with Crippen molar-refractivity contribution in [3.63, 3.8) is 0 Å². The van der Waals surface area contributed by atoms with Crippen LogP contribution in [0, 0.1) is 5.82 Å². The second-order valence-electron chi connectivity index (χ2n) is 8.67. The van der Waals surface area contributed by atoms with Crippen molar-refractivity contribution in [2.45, 2.75) is 38.5 Å². The van der Waals surface area contributed by atoms with E-state index in [0.29, 0.717) is 36.8 Å². The van der Waals surface area contributed by atoms with E-state index in [2.05, 4.69) is 20.4 Å². The van der Waals surface area contributed by atoms with Crippen molar-refractivity contribution >= 4 is 18.0 Å². The number of benzene rings is 1. The van der Waals surface area contributed by atoms with Crippen molar-refractivity contribution in [2.75, 3.05) is 18.9 Å². The summed E-state index contributed by atoms with van der Waals surface area (Å²) in [5.41, 5.74) is 3.99. The molecule has 2 aromatic heterocycles. The molecule has 2 heterocycles. The number of rotatable bonds is 11. The molecule has 0 radical (unpaired) electrons. The Morgan fingerprint density at radius 1 is 1.18 bits per heavy atom. The standard InChI is InChI=1S/C25H27F4N7O2/c1-15(34-21-13-33-35-24(38)22(21)25(27,28)29)4-3-6-36(2)7-5-17-8-19(20(26)9-18(17)14-37)23-31-11-16(10-30)12-32-23/h5,7-9,11-15H,3-4,6,10,30H2,1-2H3,(H2,34,35,38)/b7-5-/t15-/m0/s1. The maximum atomic E-state index is 14.6. The number of nitrogens with one attached hydrogen (secondary N) is 2. The molecular formula is C25H27F4N7O2. The molecule has 0 spiro atoms. The summed E-state index contributed by atoms with van der Waals surface area (Å²) in [4.78, 5) is 33.2. The first kappa shape index (κ1) is 28.4. The zero-order valence-electron chi connectivity index (χ0n) is 20.7. The van der Waals surface area contributed by atoms with Crippen LogP contribution in [-0.4, -0.2) is 51.0 Å². The molecule has 0 amide bonds. The fourth-order valence-corrected chi connectivity index (χ4v) is 3.68. The van der Waals surface area contributed by atoms with Gasteiger partial charge in [0.15, 0.2) is 12.1 Å². The minimum Gasteiger partial charge on any atom is -0.381 e. The number of H-pyrrole nitrogens is 1. The van der Waals surface area contributed by atoms with Crippen LogP contribution in [0.1, 0.15) is 46.8 Å². The van der Waals surface area contributed by atoms with Crippen LogP contribution in [-0.2, 0) is 12.7 Å². The van der Waals surface area contributed by atoms with E-state index in [4.69, 9.17) is 5.73 Å². The molecule has 0 aliphatic rings. The van der Waals surface area contributed by atoms with Gasteiger partial charge in [-0.05, 0) is 49.7 Å². The highest BCUT2D eigenvalue weighted by Gasteiger charge is 2.37. The molecule has 1 atom stereocenters. The number of nitrogens with zero attached hydrogens (tertiary/aromatic N) is 4. The van der Waals surface area contributed by atoms with E-state index in [1.807, 2.05) is 4.90 Å². The quantitative estimate of drug-likeness (QED) is 0.250. The molecule has 0 saturated heterocycles. The van der Waals surface area contributed by atoms with E-state index in [9.17, 15) is 27.2 Å². The Hall–Kier alpha value is -4.13. The smallest absolute Gasteiger partial charge is 0.381 e. The third-order valence-corrected chi connectivity index (χ3v) is 5.68. The lowest BCUT2D eigenvalue weighted by molar-refractivity contribution is -0.138. The molecule has 3 rings (SSSR count). The zero-order valence-corrected chi connectivity index (χ0v) is 20.7. The largest absolute Gasteiger partial charge is 0.423 e. The highest BCUT2D eigenvalue weighted by Crippen LogP contribution is 2.31. The van der Waals surface area contributed by atoms with E-state index < -0.39 is 23.1 Å². The van der Waals surface area contributed by atoms with Crippen LogP contribution >= 0.6 is 0 Å². The number of nitrogens with two attached hydrogens (primary N) is 1. The SMILES string of the molecule is C[C@@H](CCCN(C)/C=C\c1cc(-c2ncc(CN)cn2)c(F)cc1C=O)Nc1cn[nH]c(=O)c1C(F)(F)F. The number of hydrogen-bond acceptors (Lipinski definition) is 8. The van der Waals surface area contributed by atoms with Gasteiger partial charge in [0.2, 0.25) is 0 Å². The Labute approximate surface area is 215 Å². The topological polar surface area (TPSA) is 130 Å². The summed E-state index contributed by atoms with van der Waals surface area (Å²) >= 11 is 0. The summed E-state index contributed by atoms with van der Waals surface area (Å²) in [7, 11) is 1.79. The van der Waals surface area contributed by atoms with Crippen molar-refractivity contribution in [1.29, 1.82) is 0 Å². The minimum atomic E-state index is -4.82. The monoisotopic (exact) mass is 533 g/mol. The molecule has 4 N–H and O–H groups in total. The molecule has 0 bridgehead atoms. The van der Waals surface area contributed by atoms with Crippen LogP contribution in [0.4, 0.5) is 23.2 Å². The summed E-state index contributed by atoms with van der Waals surface area (Å²) in [5.74, 6) is -0.477.